The maximum atomic E-state index is 12.5. The Morgan fingerprint density at radius 2 is 1.74 bits per heavy atom. The van der Waals surface area contributed by atoms with Gasteiger partial charge in [0.15, 0.2) is 0 Å². The molecule has 0 atom stereocenters. The van der Waals surface area contributed by atoms with Gasteiger partial charge in [-0.15, -0.1) is 11.3 Å². The molecule has 0 spiro atoms. The van der Waals surface area contributed by atoms with Gasteiger partial charge < -0.3 is 14.5 Å². The van der Waals surface area contributed by atoms with Crippen molar-refractivity contribution < 1.29 is 14.3 Å². The van der Waals surface area contributed by atoms with Crippen LogP contribution < -0.4 is 4.90 Å². The molecule has 0 saturated carbocycles. The highest BCUT2D eigenvalue weighted by Crippen LogP contribution is 2.20. The molecule has 2 aromatic rings. The first-order valence-corrected chi connectivity index (χ1v) is 8.00. The molecule has 23 heavy (non-hydrogen) atoms. The number of carbonyl (C=O) groups is 2. The van der Waals surface area contributed by atoms with Crippen molar-refractivity contribution in [1.82, 2.24) is 14.9 Å². The van der Waals surface area contributed by atoms with E-state index in [1.807, 2.05) is 0 Å². The number of thiophene rings is 1. The number of rotatable bonds is 3. The molecule has 3 heterocycles. The number of esters is 1. The molecule has 1 saturated heterocycles. The van der Waals surface area contributed by atoms with Crippen molar-refractivity contribution in [2.45, 2.75) is 0 Å². The van der Waals surface area contributed by atoms with Gasteiger partial charge in [0.2, 0.25) is 5.95 Å². The predicted molar refractivity (Wildman–Crippen MR) is 85.8 cm³/mol. The molecule has 1 fully saturated rings. The quantitative estimate of drug-likeness (QED) is 0.788. The van der Waals surface area contributed by atoms with Gasteiger partial charge in [-0.25, -0.2) is 14.8 Å². The molecule has 1 amide bonds. The molecule has 0 unspecified atom stereocenters. The summed E-state index contributed by atoms with van der Waals surface area (Å²) in [5.41, 5.74) is 0. The Balaban J connectivity index is 1.62. The van der Waals surface area contributed by atoms with E-state index in [4.69, 9.17) is 0 Å². The molecule has 2 aromatic heterocycles. The van der Waals surface area contributed by atoms with Crippen LogP contribution in [0.5, 0.6) is 0 Å². The lowest BCUT2D eigenvalue weighted by atomic mass is 10.3. The van der Waals surface area contributed by atoms with Gasteiger partial charge in [0.25, 0.3) is 5.91 Å². The van der Waals surface area contributed by atoms with Crippen LogP contribution in [-0.4, -0.2) is 60.0 Å². The van der Waals surface area contributed by atoms with Crippen LogP contribution in [0.2, 0.25) is 0 Å². The van der Waals surface area contributed by atoms with Gasteiger partial charge in [0.1, 0.15) is 4.88 Å². The molecule has 7 nitrogen and oxygen atoms in total. The number of nitrogens with zero attached hydrogens (tertiary/aromatic N) is 4. The number of ether oxygens (including phenoxy) is 1. The minimum Gasteiger partial charge on any atom is -0.465 e. The zero-order chi connectivity index (χ0) is 16.2. The molecule has 3 rings (SSSR count). The molecular formula is C15H16N4O3S. The van der Waals surface area contributed by atoms with Crippen LogP contribution in [0.3, 0.4) is 0 Å². The molecule has 0 aliphatic carbocycles. The second-order valence-electron chi connectivity index (χ2n) is 4.98. The lowest BCUT2D eigenvalue weighted by Gasteiger charge is -2.34. The van der Waals surface area contributed by atoms with Gasteiger partial charge in [-0.05, 0) is 18.2 Å². The Labute approximate surface area is 137 Å². The molecule has 1 aliphatic heterocycles. The van der Waals surface area contributed by atoms with Crippen molar-refractivity contribution in [2.75, 3.05) is 38.2 Å². The Kier molecular flexibility index (Phi) is 4.52. The van der Waals surface area contributed by atoms with E-state index in [0.717, 1.165) is 11.3 Å². The first-order chi connectivity index (χ1) is 11.2. The monoisotopic (exact) mass is 332 g/mol. The van der Waals surface area contributed by atoms with Crippen molar-refractivity contribution in [3.63, 3.8) is 0 Å². The molecule has 8 heteroatoms. The van der Waals surface area contributed by atoms with Crippen molar-refractivity contribution in [2.24, 2.45) is 0 Å². The van der Waals surface area contributed by atoms with Gasteiger partial charge in [-0.1, -0.05) is 0 Å². The first-order valence-electron chi connectivity index (χ1n) is 7.18. The first kappa shape index (κ1) is 15.4. The number of carbonyl (C=O) groups excluding carboxylic acids is 2. The Morgan fingerprint density at radius 3 is 2.39 bits per heavy atom. The summed E-state index contributed by atoms with van der Waals surface area (Å²) in [5, 5.41) is 0. The summed E-state index contributed by atoms with van der Waals surface area (Å²) in [6.45, 7) is 2.57. The SMILES string of the molecule is COC(=O)c1ccc(C(=O)N2CCN(c3ncccn3)CC2)s1. The standard InChI is InChI=1S/C15H16N4O3S/c1-22-14(21)12-4-3-11(23-12)13(20)18-7-9-19(10-8-18)15-16-5-2-6-17-15/h2-6H,7-10H2,1H3. The predicted octanol–water partition coefficient (Wildman–Crippen LogP) is 1.29. The van der Waals surface area contributed by atoms with Crippen LogP contribution in [-0.2, 0) is 4.74 Å². The third-order valence-corrected chi connectivity index (χ3v) is 4.66. The molecule has 120 valence electrons. The summed E-state index contributed by atoms with van der Waals surface area (Å²) < 4.78 is 4.66. The second kappa shape index (κ2) is 6.74. The average molecular weight is 332 g/mol. The minimum atomic E-state index is -0.417. The Morgan fingerprint density at radius 1 is 1.09 bits per heavy atom. The number of aromatic nitrogens is 2. The van der Waals surface area contributed by atoms with Crippen LogP contribution in [0.25, 0.3) is 0 Å². The zero-order valence-corrected chi connectivity index (χ0v) is 13.5. The van der Waals surface area contributed by atoms with Crippen LogP contribution in [0.1, 0.15) is 19.3 Å². The van der Waals surface area contributed by atoms with Crippen molar-refractivity contribution in [3.8, 4) is 0 Å². The van der Waals surface area contributed by atoms with Gasteiger partial charge in [0, 0.05) is 38.6 Å². The highest BCUT2D eigenvalue weighted by Gasteiger charge is 2.25. The van der Waals surface area contributed by atoms with E-state index < -0.39 is 5.97 Å². The average Bonchev–Trinajstić information content (AvgIpc) is 3.11. The van der Waals surface area contributed by atoms with E-state index in [1.54, 1.807) is 35.5 Å². The van der Waals surface area contributed by atoms with E-state index in [9.17, 15) is 9.59 Å². The molecule has 0 aromatic carbocycles. The molecule has 0 radical (unpaired) electrons. The number of anilines is 1. The van der Waals surface area contributed by atoms with Gasteiger partial charge in [-0.2, -0.15) is 0 Å². The third-order valence-electron chi connectivity index (χ3n) is 3.61. The van der Waals surface area contributed by atoms with Crippen LogP contribution in [0, 0.1) is 0 Å². The largest absolute Gasteiger partial charge is 0.465 e. The van der Waals surface area contributed by atoms with E-state index >= 15 is 0 Å². The highest BCUT2D eigenvalue weighted by molar-refractivity contribution is 7.15. The van der Waals surface area contributed by atoms with Crippen molar-refractivity contribution in [3.05, 3.63) is 40.3 Å². The Hall–Kier alpha value is -2.48. The van der Waals surface area contributed by atoms with Crippen LogP contribution >= 0.6 is 11.3 Å². The lowest BCUT2D eigenvalue weighted by molar-refractivity contribution is 0.0606. The van der Waals surface area contributed by atoms with Gasteiger partial charge in [-0.3, -0.25) is 4.79 Å². The summed E-state index contributed by atoms with van der Waals surface area (Å²) >= 11 is 1.16. The van der Waals surface area contributed by atoms with Crippen LogP contribution in [0.15, 0.2) is 30.6 Å². The zero-order valence-electron chi connectivity index (χ0n) is 12.6. The fourth-order valence-electron chi connectivity index (χ4n) is 2.38. The molecular weight excluding hydrogens is 316 g/mol. The Bertz CT molecular complexity index is 696. The summed E-state index contributed by atoms with van der Waals surface area (Å²) in [6, 6.07) is 5.07. The molecule has 0 bridgehead atoms. The summed E-state index contributed by atoms with van der Waals surface area (Å²) in [5.74, 6) is 0.211. The third kappa shape index (κ3) is 3.31. The summed E-state index contributed by atoms with van der Waals surface area (Å²) in [4.78, 5) is 37.2. The smallest absolute Gasteiger partial charge is 0.348 e. The number of piperazine rings is 1. The van der Waals surface area contributed by atoms with E-state index in [2.05, 4.69) is 19.6 Å². The number of amides is 1. The topological polar surface area (TPSA) is 75.6 Å². The number of hydrogen-bond donors (Lipinski definition) is 0. The van der Waals surface area contributed by atoms with E-state index in [0.29, 0.717) is 41.9 Å². The summed E-state index contributed by atoms with van der Waals surface area (Å²) in [6.07, 6.45) is 3.42. The molecule has 1 aliphatic rings. The van der Waals surface area contributed by atoms with E-state index in [1.165, 1.54) is 7.11 Å². The van der Waals surface area contributed by atoms with Crippen LogP contribution in [0.4, 0.5) is 5.95 Å². The fraction of sp³-hybridized carbons (Fsp3) is 0.333. The van der Waals surface area contributed by atoms with Gasteiger partial charge in [0.05, 0.1) is 12.0 Å². The highest BCUT2D eigenvalue weighted by atomic mass is 32.1. The summed E-state index contributed by atoms with van der Waals surface area (Å²) in [7, 11) is 1.33. The fourth-order valence-corrected chi connectivity index (χ4v) is 3.28. The number of methoxy groups -OCH3 is 1. The van der Waals surface area contributed by atoms with Crippen molar-refractivity contribution >= 4 is 29.2 Å². The second-order valence-corrected chi connectivity index (χ2v) is 6.07. The van der Waals surface area contributed by atoms with Crippen molar-refractivity contribution in [1.29, 1.82) is 0 Å². The van der Waals surface area contributed by atoms with E-state index in [-0.39, 0.29) is 5.91 Å². The lowest BCUT2D eigenvalue weighted by Crippen LogP contribution is -2.49. The van der Waals surface area contributed by atoms with Gasteiger partial charge >= 0.3 is 5.97 Å². The molecule has 0 N–H and O–H groups in total. The number of hydrogen-bond acceptors (Lipinski definition) is 7. The normalized spacial score (nSPS) is 14.7. The minimum absolute atomic E-state index is 0.0567. The maximum absolute atomic E-state index is 12.5. The maximum Gasteiger partial charge on any atom is 0.348 e.